The summed E-state index contributed by atoms with van der Waals surface area (Å²) in [4.78, 5) is 12.4. The number of carbonyl (C=O) groups is 1. The number of nitrogens with one attached hydrogen (secondary N) is 1. The van der Waals surface area contributed by atoms with E-state index in [1.165, 1.54) is 0 Å². The highest BCUT2D eigenvalue weighted by molar-refractivity contribution is 6.32. The molecule has 1 amide bonds. The molecule has 0 aliphatic heterocycles. The Hall–Kier alpha value is -3.50. The predicted octanol–water partition coefficient (Wildman–Crippen LogP) is 4.60. The highest BCUT2D eigenvalue weighted by atomic mass is 35.5. The lowest BCUT2D eigenvalue weighted by Gasteiger charge is -2.12. The van der Waals surface area contributed by atoms with Gasteiger partial charge in [-0.15, -0.1) is 0 Å². The fraction of sp³-hybridized carbons (Fsp3) is 0.190. The van der Waals surface area contributed by atoms with Gasteiger partial charge in [0.25, 0.3) is 5.91 Å². The number of hydrogen-bond acceptors (Lipinski definition) is 5. The van der Waals surface area contributed by atoms with Crippen LogP contribution in [0.5, 0.6) is 5.75 Å². The molecule has 2 heterocycles. The number of carbonyl (C=O) groups excluding carboxylic acids is 1. The van der Waals surface area contributed by atoms with Gasteiger partial charge in [-0.05, 0) is 56.7 Å². The first-order chi connectivity index (χ1) is 13.8. The number of rotatable bonds is 5. The van der Waals surface area contributed by atoms with Crippen molar-refractivity contribution in [3.8, 4) is 17.5 Å². The van der Waals surface area contributed by atoms with Crippen LogP contribution in [0, 0.1) is 32.1 Å². The van der Waals surface area contributed by atoms with Crippen molar-refractivity contribution >= 4 is 29.4 Å². The van der Waals surface area contributed by atoms with Crippen molar-refractivity contribution < 1.29 is 14.1 Å². The van der Waals surface area contributed by atoms with Crippen LogP contribution < -0.4 is 10.1 Å². The number of benzene rings is 1. The van der Waals surface area contributed by atoms with E-state index in [9.17, 15) is 10.1 Å². The smallest absolute Gasteiger partial charge is 0.267 e. The Morgan fingerprint density at radius 1 is 1.31 bits per heavy atom. The molecule has 8 heteroatoms. The average molecular weight is 411 g/mol. The minimum absolute atomic E-state index is 0.0429. The van der Waals surface area contributed by atoms with Crippen LogP contribution in [0.4, 0.5) is 5.82 Å². The lowest BCUT2D eigenvalue weighted by atomic mass is 10.1. The molecule has 0 bridgehead atoms. The topological polar surface area (TPSA) is 93.1 Å². The zero-order chi connectivity index (χ0) is 21.1. The molecule has 0 atom stereocenters. The number of amides is 1. The van der Waals surface area contributed by atoms with Gasteiger partial charge in [-0.2, -0.15) is 5.26 Å². The van der Waals surface area contributed by atoms with Crippen LogP contribution in [0.3, 0.4) is 0 Å². The van der Waals surface area contributed by atoms with Gasteiger partial charge >= 0.3 is 0 Å². The molecule has 0 spiro atoms. The third-order valence-electron chi connectivity index (χ3n) is 4.40. The third-order valence-corrected chi connectivity index (χ3v) is 4.69. The van der Waals surface area contributed by atoms with E-state index in [4.69, 9.17) is 20.9 Å². The van der Waals surface area contributed by atoms with Gasteiger partial charge in [0, 0.05) is 23.1 Å². The van der Waals surface area contributed by atoms with Crippen LogP contribution in [-0.4, -0.2) is 22.7 Å². The van der Waals surface area contributed by atoms with E-state index in [0.717, 1.165) is 22.6 Å². The van der Waals surface area contributed by atoms with E-state index >= 15 is 0 Å². The van der Waals surface area contributed by atoms with Crippen molar-refractivity contribution in [3.05, 3.63) is 63.6 Å². The zero-order valence-corrected chi connectivity index (χ0v) is 17.2. The van der Waals surface area contributed by atoms with Crippen molar-refractivity contribution in [1.82, 2.24) is 9.72 Å². The molecule has 0 unspecified atom stereocenters. The molecule has 1 N–H and O–H groups in total. The van der Waals surface area contributed by atoms with Crippen molar-refractivity contribution in [1.29, 1.82) is 5.26 Å². The number of nitrogens with zero attached hydrogens (tertiary/aromatic N) is 3. The number of aromatic nitrogens is 2. The Balaban J connectivity index is 1.95. The molecule has 0 saturated heterocycles. The van der Waals surface area contributed by atoms with Crippen LogP contribution >= 0.6 is 11.6 Å². The molecule has 0 saturated carbocycles. The highest BCUT2D eigenvalue weighted by Gasteiger charge is 2.16. The molecule has 3 rings (SSSR count). The molecular formula is C21H19ClN4O3. The van der Waals surface area contributed by atoms with Gasteiger partial charge in [0.05, 0.1) is 12.1 Å². The molecule has 0 aliphatic carbocycles. The Morgan fingerprint density at radius 3 is 2.66 bits per heavy atom. The molecule has 29 heavy (non-hydrogen) atoms. The second-order valence-corrected chi connectivity index (χ2v) is 6.83. The Morgan fingerprint density at radius 2 is 2.07 bits per heavy atom. The fourth-order valence-electron chi connectivity index (χ4n) is 3.04. The van der Waals surface area contributed by atoms with Crippen molar-refractivity contribution in [2.75, 3.05) is 12.4 Å². The number of nitriles is 1. The zero-order valence-electron chi connectivity index (χ0n) is 16.4. The van der Waals surface area contributed by atoms with Crippen LogP contribution in [0.15, 0.2) is 40.4 Å². The van der Waals surface area contributed by atoms with Gasteiger partial charge in [0.15, 0.2) is 5.82 Å². The van der Waals surface area contributed by atoms with Gasteiger partial charge in [0.1, 0.15) is 23.2 Å². The van der Waals surface area contributed by atoms with E-state index in [2.05, 4.69) is 10.5 Å². The fourth-order valence-corrected chi connectivity index (χ4v) is 3.29. The Bertz CT molecular complexity index is 1150. The molecule has 3 aromatic rings. The maximum absolute atomic E-state index is 12.4. The summed E-state index contributed by atoms with van der Waals surface area (Å²) >= 11 is 6.26. The summed E-state index contributed by atoms with van der Waals surface area (Å²) in [6.07, 6.45) is 1.55. The minimum atomic E-state index is -0.557. The molecular weight excluding hydrogens is 392 g/mol. The standard InChI is InChI=1S/C21H19ClN4O3/c1-12-7-15(9-16(11-23)21(27)24-20-8-13(2)29-25-20)14(3)26(12)17-5-6-19(28-4)18(22)10-17/h5-10H,1-4H3,(H,24,25,27)/b16-9-. The molecule has 7 nitrogen and oxygen atoms in total. The van der Waals surface area contributed by atoms with E-state index < -0.39 is 5.91 Å². The summed E-state index contributed by atoms with van der Waals surface area (Å²) in [5, 5.41) is 16.2. The predicted molar refractivity (Wildman–Crippen MR) is 110 cm³/mol. The molecule has 1 aromatic carbocycles. The van der Waals surface area contributed by atoms with Crippen LogP contribution in [0.2, 0.25) is 5.02 Å². The number of aryl methyl sites for hydroxylation is 2. The number of ether oxygens (including phenoxy) is 1. The monoisotopic (exact) mass is 410 g/mol. The summed E-state index contributed by atoms with van der Waals surface area (Å²) in [6.45, 7) is 5.56. The van der Waals surface area contributed by atoms with Gasteiger partial charge in [-0.25, -0.2) is 0 Å². The van der Waals surface area contributed by atoms with Crippen molar-refractivity contribution in [2.24, 2.45) is 0 Å². The van der Waals surface area contributed by atoms with Gasteiger partial charge in [-0.1, -0.05) is 16.8 Å². The van der Waals surface area contributed by atoms with Gasteiger partial charge < -0.3 is 19.1 Å². The first kappa shape index (κ1) is 20.2. The second-order valence-electron chi connectivity index (χ2n) is 6.43. The van der Waals surface area contributed by atoms with Crippen LogP contribution in [-0.2, 0) is 4.79 Å². The summed E-state index contributed by atoms with van der Waals surface area (Å²) in [6, 6.07) is 10.9. The quantitative estimate of drug-likeness (QED) is 0.490. The Labute approximate surface area is 173 Å². The molecule has 0 aliphatic rings. The van der Waals surface area contributed by atoms with Crippen LogP contribution in [0.1, 0.15) is 22.7 Å². The van der Waals surface area contributed by atoms with Crippen molar-refractivity contribution in [2.45, 2.75) is 20.8 Å². The number of hydrogen-bond donors (Lipinski definition) is 1. The highest BCUT2D eigenvalue weighted by Crippen LogP contribution is 2.29. The maximum atomic E-state index is 12.4. The summed E-state index contributed by atoms with van der Waals surface area (Å²) in [5.74, 6) is 0.846. The number of halogens is 1. The van der Waals surface area contributed by atoms with Crippen molar-refractivity contribution in [3.63, 3.8) is 0 Å². The van der Waals surface area contributed by atoms with Gasteiger partial charge in [0.2, 0.25) is 0 Å². The summed E-state index contributed by atoms with van der Waals surface area (Å²) in [5.41, 5.74) is 3.35. The van der Waals surface area contributed by atoms with E-state index in [1.54, 1.807) is 38.3 Å². The first-order valence-corrected chi connectivity index (χ1v) is 9.11. The van der Waals surface area contributed by atoms with Crippen LogP contribution in [0.25, 0.3) is 11.8 Å². The first-order valence-electron chi connectivity index (χ1n) is 8.73. The lowest BCUT2D eigenvalue weighted by Crippen LogP contribution is -2.13. The van der Waals surface area contributed by atoms with E-state index in [0.29, 0.717) is 16.5 Å². The van der Waals surface area contributed by atoms with E-state index in [-0.39, 0.29) is 11.4 Å². The summed E-state index contributed by atoms with van der Waals surface area (Å²) in [7, 11) is 1.56. The van der Waals surface area contributed by atoms with E-state index in [1.807, 2.05) is 36.6 Å². The Kier molecular flexibility index (Phi) is 5.76. The molecule has 0 fully saturated rings. The SMILES string of the molecule is COc1ccc(-n2c(C)cc(/C=C(/C#N)C(=O)Nc3cc(C)on3)c2C)cc1Cl. The normalized spacial score (nSPS) is 11.2. The largest absolute Gasteiger partial charge is 0.495 e. The lowest BCUT2D eigenvalue weighted by molar-refractivity contribution is -0.112. The molecule has 2 aromatic heterocycles. The maximum Gasteiger partial charge on any atom is 0.267 e. The van der Waals surface area contributed by atoms with Gasteiger partial charge in [-0.3, -0.25) is 4.79 Å². The molecule has 148 valence electrons. The number of methoxy groups -OCH3 is 1. The second kappa shape index (κ2) is 8.25. The molecule has 0 radical (unpaired) electrons. The minimum Gasteiger partial charge on any atom is -0.495 e. The summed E-state index contributed by atoms with van der Waals surface area (Å²) < 4.78 is 12.1. The average Bonchev–Trinajstić information content (AvgIpc) is 3.21. The number of anilines is 1. The third kappa shape index (κ3) is 4.18.